The fourth-order valence-corrected chi connectivity index (χ4v) is 2.45. The van der Waals surface area contributed by atoms with Gasteiger partial charge in [0.2, 0.25) is 0 Å². The molecule has 0 radical (unpaired) electrons. The topological polar surface area (TPSA) is 22.1 Å². The van der Waals surface area contributed by atoms with Crippen LogP contribution in [0.15, 0.2) is 18.3 Å². The molecule has 2 heteroatoms. The molecule has 14 heavy (non-hydrogen) atoms. The van der Waals surface area contributed by atoms with Gasteiger partial charge in [0.15, 0.2) is 0 Å². The summed E-state index contributed by atoms with van der Waals surface area (Å²) in [5.74, 6) is 0.564. The van der Waals surface area contributed by atoms with E-state index in [2.05, 4.69) is 30.1 Å². The summed E-state index contributed by atoms with van der Waals surface area (Å²) in [6.45, 7) is 2.06. The van der Waals surface area contributed by atoms with Gasteiger partial charge in [-0.2, -0.15) is 0 Å². The molecule has 1 aromatic rings. The van der Waals surface area contributed by atoms with Crippen molar-refractivity contribution >= 4 is 6.08 Å². The van der Waals surface area contributed by atoms with Crippen molar-refractivity contribution in [3.8, 4) is 0 Å². The highest BCUT2D eigenvalue weighted by atomic mass is 16.5. The minimum atomic E-state index is 0.0147. The maximum atomic E-state index is 5.54. The molecule has 2 aliphatic rings. The van der Waals surface area contributed by atoms with Crippen LogP contribution in [-0.4, -0.2) is 17.7 Å². The van der Waals surface area contributed by atoms with Gasteiger partial charge >= 0.3 is 0 Å². The van der Waals surface area contributed by atoms with E-state index in [0.717, 1.165) is 12.1 Å². The number of aromatic nitrogens is 1. The standard InChI is InChI=1S/C12H13NO/c1-8-9-3-5-12(14-2)7-11(12)10(9)4-6-13-8/h3-6,11H,7H2,1-2H3. The molecule has 0 N–H and O–H groups in total. The van der Waals surface area contributed by atoms with Crippen LogP contribution >= 0.6 is 0 Å². The van der Waals surface area contributed by atoms with E-state index in [-0.39, 0.29) is 5.60 Å². The molecule has 1 aromatic heterocycles. The summed E-state index contributed by atoms with van der Waals surface area (Å²) in [4.78, 5) is 4.30. The van der Waals surface area contributed by atoms with Crippen LogP contribution in [0.1, 0.15) is 29.2 Å². The predicted octanol–water partition coefficient (Wildman–Crippen LogP) is 2.29. The first-order chi connectivity index (χ1) is 6.77. The molecule has 0 aromatic carbocycles. The molecular weight excluding hydrogens is 174 g/mol. The van der Waals surface area contributed by atoms with Crippen molar-refractivity contribution in [3.63, 3.8) is 0 Å². The zero-order chi connectivity index (χ0) is 9.76. The van der Waals surface area contributed by atoms with Crippen LogP contribution in [0.2, 0.25) is 0 Å². The van der Waals surface area contributed by atoms with Gasteiger partial charge in [0.05, 0.1) is 5.60 Å². The number of ether oxygens (including phenoxy) is 1. The van der Waals surface area contributed by atoms with Crippen LogP contribution in [0.4, 0.5) is 0 Å². The third kappa shape index (κ3) is 0.867. The first-order valence-electron chi connectivity index (χ1n) is 4.97. The maximum absolute atomic E-state index is 5.54. The quantitative estimate of drug-likeness (QED) is 0.673. The SMILES string of the molecule is COC12C=Cc3c(ccnc3C)C1C2. The molecule has 0 aliphatic heterocycles. The maximum Gasteiger partial charge on any atom is 0.0938 e. The summed E-state index contributed by atoms with van der Waals surface area (Å²) in [5, 5.41) is 0. The van der Waals surface area contributed by atoms with Gasteiger partial charge in [-0.15, -0.1) is 0 Å². The Hall–Kier alpha value is -1.15. The number of hydrogen-bond donors (Lipinski definition) is 0. The van der Waals surface area contributed by atoms with Crippen LogP contribution in [0, 0.1) is 6.92 Å². The van der Waals surface area contributed by atoms with E-state index in [1.165, 1.54) is 11.1 Å². The van der Waals surface area contributed by atoms with Crippen molar-refractivity contribution in [2.24, 2.45) is 0 Å². The van der Waals surface area contributed by atoms with E-state index in [9.17, 15) is 0 Å². The van der Waals surface area contributed by atoms with Crippen LogP contribution < -0.4 is 0 Å². The average molecular weight is 187 g/mol. The lowest BCUT2D eigenvalue weighted by molar-refractivity contribution is 0.115. The Morgan fingerprint density at radius 3 is 3.21 bits per heavy atom. The molecular formula is C12H13NO. The normalized spacial score (nSPS) is 32.3. The summed E-state index contributed by atoms with van der Waals surface area (Å²) in [6.07, 6.45) is 7.36. The van der Waals surface area contributed by atoms with Crippen molar-refractivity contribution in [2.75, 3.05) is 7.11 Å². The number of hydrogen-bond acceptors (Lipinski definition) is 2. The Balaban J connectivity index is 2.15. The highest BCUT2D eigenvalue weighted by Crippen LogP contribution is 2.58. The fraction of sp³-hybridized carbons (Fsp3) is 0.417. The van der Waals surface area contributed by atoms with Crippen LogP contribution in [0.25, 0.3) is 6.08 Å². The Morgan fingerprint density at radius 2 is 2.43 bits per heavy atom. The molecule has 2 aliphatic carbocycles. The lowest BCUT2D eigenvalue weighted by atomic mass is 9.95. The van der Waals surface area contributed by atoms with Gasteiger partial charge in [-0.1, -0.05) is 12.2 Å². The van der Waals surface area contributed by atoms with Gasteiger partial charge < -0.3 is 4.74 Å². The third-order valence-electron chi connectivity index (χ3n) is 3.46. The highest BCUT2D eigenvalue weighted by Gasteiger charge is 2.56. The number of nitrogens with zero attached hydrogens (tertiary/aromatic N) is 1. The van der Waals surface area contributed by atoms with E-state index in [0.29, 0.717) is 5.92 Å². The van der Waals surface area contributed by atoms with Crippen molar-refractivity contribution in [1.82, 2.24) is 4.98 Å². The largest absolute Gasteiger partial charge is 0.373 e. The molecule has 0 amide bonds. The third-order valence-corrected chi connectivity index (χ3v) is 3.46. The zero-order valence-electron chi connectivity index (χ0n) is 8.45. The molecule has 0 bridgehead atoms. The molecule has 2 atom stereocenters. The van der Waals surface area contributed by atoms with E-state index in [1.807, 2.05) is 6.20 Å². The van der Waals surface area contributed by atoms with Gasteiger partial charge in [-0.3, -0.25) is 4.98 Å². The van der Waals surface area contributed by atoms with Crippen molar-refractivity contribution in [3.05, 3.63) is 35.2 Å². The van der Waals surface area contributed by atoms with Gasteiger partial charge in [0, 0.05) is 24.9 Å². The van der Waals surface area contributed by atoms with Crippen molar-refractivity contribution in [1.29, 1.82) is 0 Å². The second-order valence-corrected chi connectivity index (χ2v) is 4.15. The Kier molecular flexibility index (Phi) is 1.43. The molecule has 0 saturated heterocycles. The summed E-state index contributed by atoms with van der Waals surface area (Å²) in [5.41, 5.74) is 3.83. The molecule has 0 spiro atoms. The fourth-order valence-electron chi connectivity index (χ4n) is 2.45. The van der Waals surface area contributed by atoms with Crippen molar-refractivity contribution in [2.45, 2.75) is 24.9 Å². The summed E-state index contributed by atoms with van der Waals surface area (Å²) in [6, 6.07) is 2.12. The molecule has 1 heterocycles. The Bertz CT molecular complexity index is 424. The number of methoxy groups -OCH3 is 1. The molecule has 3 rings (SSSR count). The van der Waals surface area contributed by atoms with E-state index in [4.69, 9.17) is 4.74 Å². The van der Waals surface area contributed by atoms with Gasteiger partial charge in [0.25, 0.3) is 0 Å². The lowest BCUT2D eigenvalue weighted by Gasteiger charge is -2.18. The number of fused-ring (bicyclic) bond motifs is 3. The highest BCUT2D eigenvalue weighted by molar-refractivity contribution is 5.65. The van der Waals surface area contributed by atoms with Gasteiger partial charge in [0.1, 0.15) is 0 Å². The second-order valence-electron chi connectivity index (χ2n) is 4.15. The Morgan fingerprint density at radius 1 is 1.57 bits per heavy atom. The monoisotopic (exact) mass is 187 g/mol. The second kappa shape index (κ2) is 2.45. The molecule has 1 saturated carbocycles. The number of pyridine rings is 1. The molecule has 2 nitrogen and oxygen atoms in total. The predicted molar refractivity (Wildman–Crippen MR) is 55.1 cm³/mol. The van der Waals surface area contributed by atoms with E-state index >= 15 is 0 Å². The lowest BCUT2D eigenvalue weighted by Crippen LogP contribution is -2.14. The van der Waals surface area contributed by atoms with Gasteiger partial charge in [-0.25, -0.2) is 0 Å². The van der Waals surface area contributed by atoms with E-state index < -0.39 is 0 Å². The minimum absolute atomic E-state index is 0.0147. The smallest absolute Gasteiger partial charge is 0.0938 e. The minimum Gasteiger partial charge on any atom is -0.373 e. The van der Waals surface area contributed by atoms with E-state index in [1.54, 1.807) is 7.11 Å². The summed E-state index contributed by atoms with van der Waals surface area (Å²) in [7, 11) is 1.80. The summed E-state index contributed by atoms with van der Waals surface area (Å²) >= 11 is 0. The average Bonchev–Trinajstić information content (AvgIpc) is 2.94. The molecule has 2 unspecified atom stereocenters. The Labute approximate surface area is 83.6 Å². The van der Waals surface area contributed by atoms with Crippen LogP contribution in [0.5, 0.6) is 0 Å². The molecule has 72 valence electrons. The molecule has 1 fully saturated rings. The van der Waals surface area contributed by atoms with Crippen LogP contribution in [0.3, 0.4) is 0 Å². The van der Waals surface area contributed by atoms with Crippen LogP contribution in [-0.2, 0) is 4.74 Å². The number of aryl methyl sites for hydroxylation is 1. The first-order valence-corrected chi connectivity index (χ1v) is 4.97. The zero-order valence-corrected chi connectivity index (χ0v) is 8.45. The summed E-state index contributed by atoms with van der Waals surface area (Å²) < 4.78 is 5.54. The van der Waals surface area contributed by atoms with Crippen molar-refractivity contribution < 1.29 is 4.74 Å². The van der Waals surface area contributed by atoms with Gasteiger partial charge in [-0.05, 0) is 30.5 Å². The number of rotatable bonds is 1. The first kappa shape index (κ1) is 8.18.